The molecule has 1 aromatic heterocycles. The summed E-state index contributed by atoms with van der Waals surface area (Å²) in [5.41, 5.74) is 3.98. The zero-order chi connectivity index (χ0) is 11.5. The second-order valence-electron chi connectivity index (χ2n) is 3.71. The number of methoxy groups -OCH3 is 1. The Morgan fingerprint density at radius 2 is 1.69 bits per heavy atom. The smallest absolute Gasteiger partial charge is 0.166 e. The van der Waals surface area contributed by atoms with Crippen molar-refractivity contribution in [3.05, 3.63) is 41.9 Å². The molecule has 2 aromatic rings. The molecule has 0 radical (unpaired) electrons. The van der Waals surface area contributed by atoms with Crippen molar-refractivity contribution >= 4 is 0 Å². The third-order valence-electron chi connectivity index (χ3n) is 2.51. The first-order valence-corrected chi connectivity index (χ1v) is 5.15. The van der Waals surface area contributed by atoms with Crippen LogP contribution in [0.1, 0.15) is 11.3 Å². The maximum Gasteiger partial charge on any atom is 0.166 e. The molecule has 0 bridgehead atoms. The van der Waals surface area contributed by atoms with Gasteiger partial charge in [0.05, 0.1) is 12.8 Å². The maximum absolute atomic E-state index is 5.34. The van der Waals surface area contributed by atoms with E-state index in [-0.39, 0.29) is 0 Å². The number of rotatable bonds is 2. The van der Waals surface area contributed by atoms with Gasteiger partial charge in [-0.25, -0.2) is 9.97 Å². The Hall–Kier alpha value is -1.90. The van der Waals surface area contributed by atoms with Crippen LogP contribution < -0.4 is 4.74 Å². The largest absolute Gasteiger partial charge is 0.493 e. The van der Waals surface area contributed by atoms with Crippen LogP contribution in [0, 0.1) is 13.8 Å². The summed E-state index contributed by atoms with van der Waals surface area (Å²) in [5, 5.41) is 0. The van der Waals surface area contributed by atoms with Gasteiger partial charge >= 0.3 is 0 Å². The summed E-state index contributed by atoms with van der Waals surface area (Å²) in [4.78, 5) is 8.39. The number of aromatic nitrogens is 2. The molecule has 0 amide bonds. The molecule has 3 nitrogen and oxygen atoms in total. The molecule has 82 valence electrons. The quantitative estimate of drug-likeness (QED) is 0.771. The Kier molecular flexibility index (Phi) is 2.86. The fourth-order valence-electron chi connectivity index (χ4n) is 1.62. The Balaban J connectivity index is 2.55. The highest BCUT2D eigenvalue weighted by atomic mass is 16.5. The van der Waals surface area contributed by atoms with Crippen LogP contribution in [0.5, 0.6) is 5.75 Å². The van der Waals surface area contributed by atoms with Crippen LogP contribution >= 0.6 is 0 Å². The lowest BCUT2D eigenvalue weighted by Gasteiger charge is -2.09. The van der Waals surface area contributed by atoms with Gasteiger partial charge in [0.2, 0.25) is 0 Å². The van der Waals surface area contributed by atoms with Crippen molar-refractivity contribution in [1.29, 1.82) is 0 Å². The minimum absolute atomic E-state index is 0.742. The first-order chi connectivity index (χ1) is 7.72. The molecule has 0 aliphatic carbocycles. The van der Waals surface area contributed by atoms with Crippen LogP contribution in [0.4, 0.5) is 0 Å². The monoisotopic (exact) mass is 214 g/mol. The maximum atomic E-state index is 5.34. The van der Waals surface area contributed by atoms with E-state index in [0.717, 1.165) is 22.7 Å². The number of hydrogen-bond acceptors (Lipinski definition) is 3. The van der Waals surface area contributed by atoms with Crippen LogP contribution in [0.25, 0.3) is 11.3 Å². The van der Waals surface area contributed by atoms with Gasteiger partial charge in [-0.05, 0) is 13.8 Å². The average Bonchev–Trinajstić information content (AvgIpc) is 2.30. The number of nitrogens with zero attached hydrogens (tertiary/aromatic N) is 2. The SMILES string of the molecule is COc1c(C)ncnc1-c1ccc(C)cc1. The van der Waals surface area contributed by atoms with Crippen molar-refractivity contribution < 1.29 is 4.74 Å². The zero-order valence-corrected chi connectivity index (χ0v) is 9.69. The Morgan fingerprint density at radius 3 is 2.31 bits per heavy atom. The van der Waals surface area contributed by atoms with Gasteiger partial charge in [0.1, 0.15) is 12.0 Å². The molecule has 0 aliphatic heterocycles. The number of aryl methyl sites for hydroxylation is 2. The minimum Gasteiger partial charge on any atom is -0.493 e. The molecule has 0 saturated carbocycles. The molecule has 0 atom stereocenters. The lowest BCUT2D eigenvalue weighted by atomic mass is 10.1. The van der Waals surface area contributed by atoms with Gasteiger partial charge in [0, 0.05) is 5.56 Å². The molecule has 0 unspecified atom stereocenters. The number of ether oxygens (including phenoxy) is 1. The van der Waals surface area contributed by atoms with Gasteiger partial charge in [0.15, 0.2) is 5.75 Å². The van der Waals surface area contributed by atoms with E-state index in [2.05, 4.69) is 29.0 Å². The summed E-state index contributed by atoms with van der Waals surface area (Å²) in [5.74, 6) is 0.742. The summed E-state index contributed by atoms with van der Waals surface area (Å²) < 4.78 is 5.34. The highest BCUT2D eigenvalue weighted by Gasteiger charge is 2.10. The Labute approximate surface area is 95.1 Å². The molecule has 0 aliphatic rings. The van der Waals surface area contributed by atoms with Crippen LogP contribution in [0.15, 0.2) is 30.6 Å². The highest BCUT2D eigenvalue weighted by molar-refractivity contribution is 5.67. The molecule has 2 rings (SSSR count). The van der Waals surface area contributed by atoms with E-state index in [1.807, 2.05) is 19.1 Å². The summed E-state index contributed by atoms with van der Waals surface area (Å²) in [6.07, 6.45) is 1.56. The molecule has 0 spiro atoms. The van der Waals surface area contributed by atoms with Crippen LogP contribution in [0.3, 0.4) is 0 Å². The molecule has 0 N–H and O–H groups in total. The van der Waals surface area contributed by atoms with E-state index >= 15 is 0 Å². The highest BCUT2D eigenvalue weighted by Crippen LogP contribution is 2.29. The second kappa shape index (κ2) is 4.31. The summed E-state index contributed by atoms with van der Waals surface area (Å²) in [6.45, 7) is 3.98. The average molecular weight is 214 g/mol. The van der Waals surface area contributed by atoms with Crippen molar-refractivity contribution in [3.63, 3.8) is 0 Å². The van der Waals surface area contributed by atoms with Gasteiger partial charge in [-0.2, -0.15) is 0 Å². The van der Waals surface area contributed by atoms with Crippen molar-refractivity contribution in [2.45, 2.75) is 13.8 Å². The van der Waals surface area contributed by atoms with Gasteiger partial charge in [0.25, 0.3) is 0 Å². The van der Waals surface area contributed by atoms with E-state index in [1.54, 1.807) is 13.4 Å². The van der Waals surface area contributed by atoms with Crippen molar-refractivity contribution in [2.24, 2.45) is 0 Å². The fraction of sp³-hybridized carbons (Fsp3) is 0.231. The number of benzene rings is 1. The van der Waals surface area contributed by atoms with Crippen LogP contribution in [-0.2, 0) is 0 Å². The van der Waals surface area contributed by atoms with Crippen LogP contribution in [-0.4, -0.2) is 17.1 Å². The molecule has 16 heavy (non-hydrogen) atoms. The summed E-state index contributed by atoms with van der Waals surface area (Å²) in [7, 11) is 1.64. The molecular weight excluding hydrogens is 200 g/mol. The fourth-order valence-corrected chi connectivity index (χ4v) is 1.62. The van der Waals surface area contributed by atoms with E-state index in [4.69, 9.17) is 4.74 Å². The minimum atomic E-state index is 0.742. The van der Waals surface area contributed by atoms with Crippen molar-refractivity contribution in [3.8, 4) is 17.0 Å². The zero-order valence-electron chi connectivity index (χ0n) is 9.69. The second-order valence-corrected chi connectivity index (χ2v) is 3.71. The van der Waals surface area contributed by atoms with Crippen molar-refractivity contribution in [1.82, 2.24) is 9.97 Å². The first-order valence-electron chi connectivity index (χ1n) is 5.15. The van der Waals surface area contributed by atoms with Gasteiger partial charge < -0.3 is 4.74 Å². The van der Waals surface area contributed by atoms with Crippen LogP contribution in [0.2, 0.25) is 0 Å². The van der Waals surface area contributed by atoms with E-state index < -0.39 is 0 Å². The normalized spacial score (nSPS) is 10.2. The standard InChI is InChI=1S/C13H14N2O/c1-9-4-6-11(7-5-9)12-13(16-3)10(2)14-8-15-12/h4-8H,1-3H3. The predicted molar refractivity (Wildman–Crippen MR) is 63.5 cm³/mol. The number of hydrogen-bond donors (Lipinski definition) is 0. The van der Waals surface area contributed by atoms with E-state index in [0.29, 0.717) is 0 Å². The lowest BCUT2D eigenvalue weighted by molar-refractivity contribution is 0.409. The molecule has 1 aromatic carbocycles. The van der Waals surface area contributed by atoms with Gasteiger partial charge in [-0.15, -0.1) is 0 Å². The van der Waals surface area contributed by atoms with Crippen molar-refractivity contribution in [2.75, 3.05) is 7.11 Å². The van der Waals surface area contributed by atoms with Gasteiger partial charge in [-0.3, -0.25) is 0 Å². The topological polar surface area (TPSA) is 35.0 Å². The van der Waals surface area contributed by atoms with E-state index in [1.165, 1.54) is 5.56 Å². The Bertz CT molecular complexity index is 492. The summed E-state index contributed by atoms with van der Waals surface area (Å²) in [6, 6.07) is 8.21. The molecule has 1 heterocycles. The first kappa shape index (κ1) is 10.6. The summed E-state index contributed by atoms with van der Waals surface area (Å²) >= 11 is 0. The third-order valence-corrected chi connectivity index (χ3v) is 2.51. The van der Waals surface area contributed by atoms with E-state index in [9.17, 15) is 0 Å². The lowest BCUT2D eigenvalue weighted by Crippen LogP contribution is -1.96. The molecule has 0 saturated heterocycles. The molecule has 3 heteroatoms. The third kappa shape index (κ3) is 1.89. The Morgan fingerprint density at radius 1 is 1.00 bits per heavy atom. The van der Waals surface area contributed by atoms with Gasteiger partial charge in [-0.1, -0.05) is 29.8 Å². The predicted octanol–water partition coefficient (Wildman–Crippen LogP) is 2.77. The molecule has 0 fully saturated rings. The molecular formula is C13H14N2O.